The second-order valence-corrected chi connectivity index (χ2v) is 5.33. The molecule has 0 fully saturated rings. The van der Waals surface area contributed by atoms with Gasteiger partial charge < -0.3 is 10.6 Å². The molecule has 0 aromatic carbocycles. The molecule has 0 atom stereocenters. The van der Waals surface area contributed by atoms with Crippen LogP contribution in [0.5, 0.6) is 0 Å². The lowest BCUT2D eigenvalue weighted by Crippen LogP contribution is -2.23. The summed E-state index contributed by atoms with van der Waals surface area (Å²) in [5.74, 6) is 0.220. The minimum atomic E-state index is 0.220. The summed E-state index contributed by atoms with van der Waals surface area (Å²) in [4.78, 5) is 11.3. The number of carbonyl (C=O) groups is 1. The molecular formula is C17H38N2O. The van der Waals surface area contributed by atoms with Crippen LogP contribution in [0.25, 0.3) is 0 Å². The zero-order chi connectivity index (χ0) is 15.6. The predicted octanol–water partition coefficient (Wildman–Crippen LogP) is 4.27. The van der Waals surface area contributed by atoms with Gasteiger partial charge in [0.15, 0.2) is 0 Å². The van der Waals surface area contributed by atoms with Gasteiger partial charge in [0.05, 0.1) is 0 Å². The van der Waals surface area contributed by atoms with Crippen molar-refractivity contribution in [2.24, 2.45) is 0 Å². The fraction of sp³-hybridized carbons (Fsp3) is 0.941. The Kier molecular flexibility index (Phi) is 20.0. The third-order valence-electron chi connectivity index (χ3n) is 2.96. The Morgan fingerprint density at radius 3 is 2.00 bits per heavy atom. The molecule has 0 saturated heterocycles. The fourth-order valence-electron chi connectivity index (χ4n) is 1.86. The van der Waals surface area contributed by atoms with Gasteiger partial charge in [-0.1, -0.05) is 60.3 Å². The molecule has 0 aliphatic carbocycles. The molecule has 1 amide bonds. The third-order valence-corrected chi connectivity index (χ3v) is 2.96. The normalized spacial score (nSPS) is 10.1. The molecule has 122 valence electrons. The summed E-state index contributed by atoms with van der Waals surface area (Å²) in [6.45, 7) is 12.4. The Morgan fingerprint density at radius 2 is 1.45 bits per heavy atom. The van der Waals surface area contributed by atoms with Crippen LogP contribution in [0.4, 0.5) is 0 Å². The van der Waals surface area contributed by atoms with E-state index in [0.717, 1.165) is 25.9 Å². The standard InChI is InChI=1S/C15H32N2O.C2H6/c1-4-12-17-15(18)11-9-7-5-6-8-10-13-16-14(2)3;1-2/h14,16H,4-13H2,1-3H3,(H,17,18);1-2H3. The SMILES string of the molecule is CC.CCCNC(=O)CCCCCCCCNC(C)C. The summed E-state index contributed by atoms with van der Waals surface area (Å²) in [6.07, 6.45) is 9.11. The Morgan fingerprint density at radius 1 is 0.900 bits per heavy atom. The van der Waals surface area contributed by atoms with Crippen molar-refractivity contribution < 1.29 is 4.79 Å². The summed E-state index contributed by atoms with van der Waals surface area (Å²) in [7, 11) is 0. The maximum absolute atomic E-state index is 11.3. The van der Waals surface area contributed by atoms with Crippen molar-refractivity contribution in [1.82, 2.24) is 10.6 Å². The summed E-state index contributed by atoms with van der Waals surface area (Å²) < 4.78 is 0. The van der Waals surface area contributed by atoms with Gasteiger partial charge in [-0.25, -0.2) is 0 Å². The lowest BCUT2D eigenvalue weighted by molar-refractivity contribution is -0.121. The first-order chi connectivity index (χ1) is 9.66. The quantitative estimate of drug-likeness (QED) is 0.526. The average Bonchev–Trinajstić information content (AvgIpc) is 2.45. The second-order valence-electron chi connectivity index (χ2n) is 5.33. The van der Waals surface area contributed by atoms with E-state index in [1.165, 1.54) is 32.1 Å². The van der Waals surface area contributed by atoms with Crippen LogP contribution in [0.15, 0.2) is 0 Å². The van der Waals surface area contributed by atoms with Crippen molar-refractivity contribution in [3.8, 4) is 0 Å². The molecule has 0 aromatic heterocycles. The Balaban J connectivity index is 0. The molecule has 0 heterocycles. The zero-order valence-electron chi connectivity index (χ0n) is 14.6. The van der Waals surface area contributed by atoms with E-state index in [4.69, 9.17) is 0 Å². The molecule has 3 nitrogen and oxygen atoms in total. The van der Waals surface area contributed by atoms with Crippen molar-refractivity contribution in [2.75, 3.05) is 13.1 Å². The van der Waals surface area contributed by atoms with Crippen LogP contribution in [0, 0.1) is 0 Å². The van der Waals surface area contributed by atoms with Crippen molar-refractivity contribution >= 4 is 5.91 Å². The molecule has 0 aliphatic heterocycles. The van der Waals surface area contributed by atoms with E-state index < -0.39 is 0 Å². The predicted molar refractivity (Wildman–Crippen MR) is 90.1 cm³/mol. The van der Waals surface area contributed by atoms with Gasteiger partial charge >= 0.3 is 0 Å². The number of nitrogens with one attached hydrogen (secondary N) is 2. The van der Waals surface area contributed by atoms with Crippen molar-refractivity contribution in [3.63, 3.8) is 0 Å². The highest BCUT2D eigenvalue weighted by molar-refractivity contribution is 5.75. The maximum Gasteiger partial charge on any atom is 0.219 e. The van der Waals surface area contributed by atoms with Crippen LogP contribution in [0.3, 0.4) is 0 Å². The minimum absolute atomic E-state index is 0.220. The fourth-order valence-corrected chi connectivity index (χ4v) is 1.86. The van der Waals surface area contributed by atoms with E-state index in [1.807, 2.05) is 13.8 Å². The molecule has 0 bridgehead atoms. The average molecular weight is 287 g/mol. The number of unbranched alkanes of at least 4 members (excludes halogenated alkanes) is 5. The van der Waals surface area contributed by atoms with Crippen LogP contribution < -0.4 is 10.6 Å². The van der Waals surface area contributed by atoms with Crippen LogP contribution >= 0.6 is 0 Å². The van der Waals surface area contributed by atoms with Gasteiger partial charge in [0.25, 0.3) is 0 Å². The van der Waals surface area contributed by atoms with E-state index >= 15 is 0 Å². The van der Waals surface area contributed by atoms with Gasteiger partial charge in [0.1, 0.15) is 0 Å². The van der Waals surface area contributed by atoms with Gasteiger partial charge in [-0.2, -0.15) is 0 Å². The number of amides is 1. The third kappa shape index (κ3) is 19.8. The lowest BCUT2D eigenvalue weighted by Gasteiger charge is -2.07. The molecule has 0 aromatic rings. The topological polar surface area (TPSA) is 41.1 Å². The van der Waals surface area contributed by atoms with E-state index in [-0.39, 0.29) is 5.91 Å². The van der Waals surface area contributed by atoms with Crippen LogP contribution in [0.1, 0.15) is 86.0 Å². The van der Waals surface area contributed by atoms with E-state index in [0.29, 0.717) is 12.5 Å². The molecule has 0 spiro atoms. The first kappa shape index (κ1) is 21.7. The number of hydrogen-bond acceptors (Lipinski definition) is 2. The number of rotatable bonds is 12. The van der Waals surface area contributed by atoms with Gasteiger partial charge in [-0.05, 0) is 25.8 Å². The zero-order valence-corrected chi connectivity index (χ0v) is 14.6. The molecule has 0 saturated carbocycles. The first-order valence-corrected chi connectivity index (χ1v) is 8.67. The largest absolute Gasteiger partial charge is 0.356 e. The highest BCUT2D eigenvalue weighted by Gasteiger charge is 1.99. The van der Waals surface area contributed by atoms with Crippen molar-refractivity contribution in [3.05, 3.63) is 0 Å². The molecule has 20 heavy (non-hydrogen) atoms. The van der Waals surface area contributed by atoms with E-state index in [2.05, 4.69) is 31.4 Å². The Labute approximate surface area is 127 Å². The maximum atomic E-state index is 11.3. The summed E-state index contributed by atoms with van der Waals surface area (Å²) >= 11 is 0. The molecule has 0 radical (unpaired) electrons. The van der Waals surface area contributed by atoms with Crippen LogP contribution in [0.2, 0.25) is 0 Å². The molecule has 2 N–H and O–H groups in total. The lowest BCUT2D eigenvalue weighted by atomic mass is 10.1. The molecule has 0 aliphatic rings. The van der Waals surface area contributed by atoms with Gasteiger partial charge in [-0.3, -0.25) is 4.79 Å². The summed E-state index contributed by atoms with van der Waals surface area (Å²) in [5.41, 5.74) is 0. The smallest absolute Gasteiger partial charge is 0.219 e. The second kappa shape index (κ2) is 18.4. The Hall–Kier alpha value is -0.570. The monoisotopic (exact) mass is 286 g/mol. The van der Waals surface area contributed by atoms with Crippen molar-refractivity contribution in [2.45, 2.75) is 92.0 Å². The van der Waals surface area contributed by atoms with Gasteiger partial charge in [0, 0.05) is 19.0 Å². The first-order valence-electron chi connectivity index (χ1n) is 8.67. The summed E-state index contributed by atoms with van der Waals surface area (Å²) in [5, 5.41) is 6.34. The van der Waals surface area contributed by atoms with Crippen LogP contribution in [-0.4, -0.2) is 25.0 Å². The van der Waals surface area contributed by atoms with Crippen LogP contribution in [-0.2, 0) is 4.79 Å². The van der Waals surface area contributed by atoms with Gasteiger partial charge in [-0.15, -0.1) is 0 Å². The molecule has 0 unspecified atom stereocenters. The molecule has 0 rings (SSSR count). The minimum Gasteiger partial charge on any atom is -0.356 e. The van der Waals surface area contributed by atoms with E-state index in [1.54, 1.807) is 0 Å². The number of carbonyl (C=O) groups excluding carboxylic acids is 1. The number of hydrogen-bond donors (Lipinski definition) is 2. The molecular weight excluding hydrogens is 248 g/mol. The van der Waals surface area contributed by atoms with E-state index in [9.17, 15) is 4.79 Å². The summed E-state index contributed by atoms with van der Waals surface area (Å²) in [6, 6.07) is 0.603. The molecule has 3 heteroatoms. The van der Waals surface area contributed by atoms with Gasteiger partial charge in [0.2, 0.25) is 5.91 Å². The van der Waals surface area contributed by atoms with Crippen molar-refractivity contribution in [1.29, 1.82) is 0 Å². The highest BCUT2D eigenvalue weighted by Crippen LogP contribution is 2.06. The Bertz CT molecular complexity index is 193. The highest BCUT2D eigenvalue weighted by atomic mass is 16.1.